The summed E-state index contributed by atoms with van der Waals surface area (Å²) in [5.41, 5.74) is 9.00. The van der Waals surface area contributed by atoms with Crippen molar-refractivity contribution in [3.05, 3.63) is 34.3 Å². The Labute approximate surface area is 87.8 Å². The Morgan fingerprint density at radius 2 is 2.33 bits per heavy atom. The third kappa shape index (κ3) is 2.83. The summed E-state index contributed by atoms with van der Waals surface area (Å²) >= 11 is 0. The van der Waals surface area contributed by atoms with Gasteiger partial charge in [-0.2, -0.15) is 0 Å². The lowest BCUT2D eigenvalue weighted by Gasteiger charge is -2.12. The summed E-state index contributed by atoms with van der Waals surface area (Å²) in [6, 6.07) is 3.04. The van der Waals surface area contributed by atoms with E-state index >= 15 is 0 Å². The predicted octanol–water partition coefficient (Wildman–Crippen LogP) is 1.49. The quantitative estimate of drug-likeness (QED) is 0.461. The van der Waals surface area contributed by atoms with Crippen molar-refractivity contribution in [1.29, 1.82) is 0 Å². The van der Waals surface area contributed by atoms with Gasteiger partial charge in [0.05, 0.1) is 12.6 Å². The fraction of sp³-hybridized carbons (Fsp3) is 0.444. The minimum atomic E-state index is -0.557. The van der Waals surface area contributed by atoms with Crippen LogP contribution in [0.4, 0.5) is 5.82 Å². The largest absolute Gasteiger partial charge is 0.396 e. The monoisotopic (exact) mass is 207 g/mol. The van der Waals surface area contributed by atoms with Crippen molar-refractivity contribution in [3.8, 4) is 0 Å². The highest BCUT2D eigenvalue weighted by atomic mass is 16.3. The minimum Gasteiger partial charge on any atom is -0.396 e. The average Bonchev–Trinajstić information content (AvgIpc) is 2.26. The second-order valence-corrected chi connectivity index (χ2v) is 3.25. The number of aromatic nitrogens is 1. The maximum absolute atomic E-state index is 8.99. The van der Waals surface area contributed by atoms with Crippen LogP contribution in [-0.4, -0.2) is 30.8 Å². The molecule has 0 spiro atoms. The van der Waals surface area contributed by atoms with Gasteiger partial charge in [-0.1, -0.05) is 11.2 Å². The van der Waals surface area contributed by atoms with Crippen LogP contribution in [0.5, 0.6) is 0 Å². The SMILES string of the molecule is CN(C)c1ccc(C(CO)N=[N+]=[N-])cn1. The Balaban J connectivity index is 2.91. The van der Waals surface area contributed by atoms with Gasteiger partial charge in [0.2, 0.25) is 0 Å². The number of aliphatic hydroxyl groups is 1. The van der Waals surface area contributed by atoms with E-state index in [9.17, 15) is 0 Å². The number of anilines is 1. The van der Waals surface area contributed by atoms with Gasteiger partial charge in [0.1, 0.15) is 5.82 Å². The van der Waals surface area contributed by atoms with Crippen LogP contribution in [0.3, 0.4) is 0 Å². The molecule has 80 valence electrons. The second-order valence-electron chi connectivity index (χ2n) is 3.25. The predicted molar refractivity (Wildman–Crippen MR) is 57.5 cm³/mol. The first-order valence-corrected chi connectivity index (χ1v) is 4.47. The molecule has 15 heavy (non-hydrogen) atoms. The van der Waals surface area contributed by atoms with E-state index < -0.39 is 6.04 Å². The van der Waals surface area contributed by atoms with Crippen molar-refractivity contribution in [1.82, 2.24) is 4.98 Å². The second kappa shape index (κ2) is 5.19. The van der Waals surface area contributed by atoms with Crippen LogP contribution in [0.2, 0.25) is 0 Å². The van der Waals surface area contributed by atoms with Crippen molar-refractivity contribution in [2.24, 2.45) is 5.11 Å². The van der Waals surface area contributed by atoms with E-state index in [1.54, 1.807) is 12.3 Å². The van der Waals surface area contributed by atoms with E-state index in [1.807, 2.05) is 25.1 Å². The average molecular weight is 207 g/mol. The highest BCUT2D eigenvalue weighted by molar-refractivity contribution is 5.37. The lowest BCUT2D eigenvalue weighted by molar-refractivity contribution is 0.267. The van der Waals surface area contributed by atoms with Crippen molar-refractivity contribution in [2.75, 3.05) is 25.6 Å². The van der Waals surface area contributed by atoms with Crippen molar-refractivity contribution in [2.45, 2.75) is 6.04 Å². The Morgan fingerprint density at radius 3 is 2.73 bits per heavy atom. The molecule has 1 heterocycles. The van der Waals surface area contributed by atoms with Crippen LogP contribution in [0.15, 0.2) is 23.4 Å². The standard InChI is InChI=1S/C9H13N5O/c1-14(2)9-4-3-7(5-11-9)8(6-15)12-13-10/h3-5,8,15H,6H2,1-2H3. The van der Waals surface area contributed by atoms with E-state index in [-0.39, 0.29) is 6.61 Å². The number of hydrogen-bond donors (Lipinski definition) is 1. The molecule has 6 heteroatoms. The molecule has 0 aromatic carbocycles. The minimum absolute atomic E-state index is 0.215. The molecule has 1 N–H and O–H groups in total. The van der Waals surface area contributed by atoms with Gasteiger partial charge in [-0.3, -0.25) is 0 Å². The molecular formula is C9H13N5O. The molecule has 0 amide bonds. The highest BCUT2D eigenvalue weighted by Crippen LogP contribution is 2.18. The highest BCUT2D eigenvalue weighted by Gasteiger charge is 2.08. The molecule has 1 unspecified atom stereocenters. The third-order valence-corrected chi connectivity index (χ3v) is 1.98. The van der Waals surface area contributed by atoms with Gasteiger partial charge in [0, 0.05) is 25.2 Å². The normalized spacial score (nSPS) is 11.7. The Bertz CT molecular complexity index is 355. The molecule has 0 fully saturated rings. The van der Waals surface area contributed by atoms with E-state index in [0.717, 1.165) is 5.82 Å². The summed E-state index contributed by atoms with van der Waals surface area (Å²) in [7, 11) is 3.78. The van der Waals surface area contributed by atoms with Gasteiger partial charge in [0.15, 0.2) is 0 Å². The van der Waals surface area contributed by atoms with Gasteiger partial charge in [-0.25, -0.2) is 4.98 Å². The molecule has 0 saturated carbocycles. The van der Waals surface area contributed by atoms with Gasteiger partial charge in [-0.15, -0.1) is 0 Å². The zero-order valence-electron chi connectivity index (χ0n) is 8.70. The van der Waals surface area contributed by atoms with Gasteiger partial charge < -0.3 is 10.0 Å². The maximum atomic E-state index is 8.99. The van der Waals surface area contributed by atoms with Crippen LogP contribution < -0.4 is 4.90 Å². The zero-order chi connectivity index (χ0) is 11.3. The Kier molecular flexibility index (Phi) is 3.91. The van der Waals surface area contributed by atoms with E-state index in [1.165, 1.54) is 0 Å². The summed E-state index contributed by atoms with van der Waals surface area (Å²) < 4.78 is 0. The smallest absolute Gasteiger partial charge is 0.127 e. The van der Waals surface area contributed by atoms with Crippen LogP contribution in [0.1, 0.15) is 11.6 Å². The van der Waals surface area contributed by atoms with E-state index in [0.29, 0.717) is 5.56 Å². The topological polar surface area (TPSA) is 85.1 Å². The molecule has 6 nitrogen and oxygen atoms in total. The number of pyridine rings is 1. The number of aliphatic hydroxyl groups excluding tert-OH is 1. The molecule has 0 radical (unpaired) electrons. The summed E-state index contributed by atoms with van der Waals surface area (Å²) in [5.74, 6) is 0.816. The number of rotatable bonds is 4. The summed E-state index contributed by atoms with van der Waals surface area (Å²) in [6.45, 7) is -0.215. The van der Waals surface area contributed by atoms with Crippen molar-refractivity contribution >= 4 is 5.82 Å². The van der Waals surface area contributed by atoms with E-state index in [2.05, 4.69) is 15.0 Å². The Hall–Kier alpha value is -1.78. The van der Waals surface area contributed by atoms with Crippen LogP contribution in [0, 0.1) is 0 Å². The van der Waals surface area contributed by atoms with Crippen LogP contribution >= 0.6 is 0 Å². The van der Waals surface area contributed by atoms with Crippen molar-refractivity contribution < 1.29 is 5.11 Å². The fourth-order valence-electron chi connectivity index (χ4n) is 1.13. The van der Waals surface area contributed by atoms with Crippen LogP contribution in [-0.2, 0) is 0 Å². The summed E-state index contributed by atoms with van der Waals surface area (Å²) in [6.07, 6.45) is 1.60. The van der Waals surface area contributed by atoms with E-state index in [4.69, 9.17) is 10.6 Å². The van der Waals surface area contributed by atoms with Gasteiger partial charge >= 0.3 is 0 Å². The molecule has 1 aromatic rings. The van der Waals surface area contributed by atoms with Gasteiger partial charge in [0.25, 0.3) is 0 Å². The lowest BCUT2D eigenvalue weighted by atomic mass is 10.1. The summed E-state index contributed by atoms with van der Waals surface area (Å²) in [5, 5.41) is 12.5. The first-order chi connectivity index (χ1) is 7.19. The number of hydrogen-bond acceptors (Lipinski definition) is 4. The maximum Gasteiger partial charge on any atom is 0.127 e. The Morgan fingerprint density at radius 1 is 1.60 bits per heavy atom. The zero-order valence-corrected chi connectivity index (χ0v) is 8.70. The van der Waals surface area contributed by atoms with Crippen LogP contribution in [0.25, 0.3) is 10.4 Å². The molecule has 0 saturated heterocycles. The number of azide groups is 1. The third-order valence-electron chi connectivity index (χ3n) is 1.98. The molecule has 0 aliphatic rings. The first kappa shape index (κ1) is 11.3. The molecule has 1 rings (SSSR count). The van der Waals surface area contributed by atoms with Gasteiger partial charge in [-0.05, 0) is 17.2 Å². The molecule has 0 aliphatic heterocycles. The molecule has 0 bridgehead atoms. The molecule has 1 atom stereocenters. The fourth-order valence-corrected chi connectivity index (χ4v) is 1.13. The number of nitrogens with zero attached hydrogens (tertiary/aromatic N) is 5. The molecule has 1 aromatic heterocycles. The molecule has 0 aliphatic carbocycles. The first-order valence-electron chi connectivity index (χ1n) is 4.47. The lowest BCUT2D eigenvalue weighted by Crippen LogP contribution is -2.11. The van der Waals surface area contributed by atoms with Crippen molar-refractivity contribution in [3.63, 3.8) is 0 Å². The molecular weight excluding hydrogens is 194 g/mol. The summed E-state index contributed by atoms with van der Waals surface area (Å²) in [4.78, 5) is 8.69.